The molecule has 2 rings (SSSR count). The molecule has 2 N–H and O–H groups in total. The van der Waals surface area contributed by atoms with E-state index in [9.17, 15) is 8.78 Å². The predicted octanol–water partition coefficient (Wildman–Crippen LogP) is 4.51. The molecule has 1 unspecified atom stereocenters. The van der Waals surface area contributed by atoms with Crippen LogP contribution in [-0.4, -0.2) is 0 Å². The molecule has 1 atom stereocenters. The van der Waals surface area contributed by atoms with Crippen LogP contribution >= 0.6 is 23.2 Å². The van der Waals surface area contributed by atoms with Crippen LogP contribution in [0.4, 0.5) is 8.78 Å². The second-order valence-corrected chi connectivity index (χ2v) is 5.07. The Bertz CT molecular complexity index is 602. The molecule has 0 fully saturated rings. The Kier molecular flexibility index (Phi) is 4.40. The minimum atomic E-state index is -0.543. The van der Waals surface area contributed by atoms with Crippen LogP contribution in [0.3, 0.4) is 0 Å². The van der Waals surface area contributed by atoms with Crippen molar-refractivity contribution in [1.29, 1.82) is 0 Å². The fourth-order valence-electron chi connectivity index (χ4n) is 1.83. The number of halogens is 4. The second-order valence-electron chi connectivity index (χ2n) is 4.22. The molecular formula is C14H11Cl2F2N. The Morgan fingerprint density at radius 2 is 1.74 bits per heavy atom. The minimum absolute atomic E-state index is 0.0290. The van der Waals surface area contributed by atoms with Crippen molar-refractivity contribution >= 4 is 23.2 Å². The Labute approximate surface area is 119 Å². The number of nitrogens with two attached hydrogens (primary N) is 1. The SMILES string of the molecule is NC(Cc1ccc(F)c(Cl)c1)c1ccc(Cl)cc1F. The zero-order valence-corrected chi connectivity index (χ0v) is 11.3. The van der Waals surface area contributed by atoms with E-state index >= 15 is 0 Å². The van der Waals surface area contributed by atoms with Crippen molar-refractivity contribution in [2.75, 3.05) is 0 Å². The summed E-state index contributed by atoms with van der Waals surface area (Å²) in [7, 11) is 0. The van der Waals surface area contributed by atoms with Crippen molar-refractivity contribution in [1.82, 2.24) is 0 Å². The molecule has 0 aliphatic heterocycles. The van der Waals surface area contributed by atoms with Gasteiger partial charge in [0.1, 0.15) is 11.6 Å². The average molecular weight is 302 g/mol. The number of hydrogen-bond donors (Lipinski definition) is 1. The van der Waals surface area contributed by atoms with Crippen molar-refractivity contribution in [2.45, 2.75) is 12.5 Å². The van der Waals surface area contributed by atoms with Crippen LogP contribution in [0.2, 0.25) is 10.0 Å². The van der Waals surface area contributed by atoms with E-state index in [0.717, 1.165) is 5.56 Å². The summed E-state index contributed by atoms with van der Waals surface area (Å²) in [5.41, 5.74) is 7.06. The molecule has 0 aromatic heterocycles. The summed E-state index contributed by atoms with van der Waals surface area (Å²) in [5, 5.41) is 0.347. The van der Waals surface area contributed by atoms with E-state index in [2.05, 4.69) is 0 Å². The van der Waals surface area contributed by atoms with Crippen molar-refractivity contribution in [2.24, 2.45) is 5.73 Å². The molecule has 0 radical (unpaired) electrons. The molecule has 0 saturated carbocycles. The third-order valence-corrected chi connectivity index (χ3v) is 3.33. The van der Waals surface area contributed by atoms with Crippen LogP contribution in [-0.2, 0) is 6.42 Å². The largest absolute Gasteiger partial charge is 0.324 e. The Hall–Kier alpha value is -1.16. The number of rotatable bonds is 3. The van der Waals surface area contributed by atoms with Gasteiger partial charge < -0.3 is 5.73 Å². The second kappa shape index (κ2) is 5.87. The van der Waals surface area contributed by atoms with Crippen molar-refractivity contribution in [3.8, 4) is 0 Å². The normalized spacial score (nSPS) is 12.5. The van der Waals surface area contributed by atoms with Gasteiger partial charge in [0.25, 0.3) is 0 Å². The van der Waals surface area contributed by atoms with Crippen LogP contribution in [0.1, 0.15) is 17.2 Å². The van der Waals surface area contributed by atoms with E-state index in [4.69, 9.17) is 28.9 Å². The molecule has 2 aromatic rings. The van der Waals surface area contributed by atoms with Gasteiger partial charge in [0.05, 0.1) is 5.02 Å². The minimum Gasteiger partial charge on any atom is -0.324 e. The van der Waals surface area contributed by atoms with E-state index in [1.165, 1.54) is 18.2 Å². The molecule has 0 spiro atoms. The highest BCUT2D eigenvalue weighted by Gasteiger charge is 2.13. The highest BCUT2D eigenvalue weighted by Crippen LogP contribution is 2.24. The van der Waals surface area contributed by atoms with Gasteiger partial charge in [-0.2, -0.15) is 0 Å². The molecule has 0 amide bonds. The summed E-state index contributed by atoms with van der Waals surface area (Å²) in [6, 6.07) is 8.14. The molecule has 19 heavy (non-hydrogen) atoms. The quantitative estimate of drug-likeness (QED) is 0.886. The molecule has 0 saturated heterocycles. The van der Waals surface area contributed by atoms with Crippen molar-refractivity contribution in [3.05, 3.63) is 69.2 Å². The molecule has 0 aliphatic carbocycles. The zero-order chi connectivity index (χ0) is 14.0. The van der Waals surface area contributed by atoms with E-state index in [1.54, 1.807) is 18.2 Å². The van der Waals surface area contributed by atoms with Gasteiger partial charge in [-0.3, -0.25) is 0 Å². The molecular weight excluding hydrogens is 291 g/mol. The first-order valence-corrected chi connectivity index (χ1v) is 6.37. The standard InChI is InChI=1S/C14H11Cl2F2N/c15-9-2-3-10(13(18)7-9)14(19)6-8-1-4-12(17)11(16)5-8/h1-5,7,14H,6,19H2. The molecule has 1 nitrogen and oxygen atoms in total. The predicted molar refractivity (Wildman–Crippen MR) is 73.5 cm³/mol. The maximum atomic E-state index is 13.7. The van der Waals surface area contributed by atoms with Gasteiger partial charge in [0, 0.05) is 16.6 Å². The maximum absolute atomic E-state index is 13.7. The Balaban J connectivity index is 2.20. The summed E-state index contributed by atoms with van der Waals surface area (Å²) >= 11 is 11.4. The molecule has 2 aromatic carbocycles. The lowest BCUT2D eigenvalue weighted by molar-refractivity contribution is 0.579. The van der Waals surface area contributed by atoms with Gasteiger partial charge in [-0.1, -0.05) is 35.3 Å². The average Bonchev–Trinajstić information content (AvgIpc) is 2.33. The summed E-state index contributed by atoms with van der Waals surface area (Å²) in [6.45, 7) is 0. The van der Waals surface area contributed by atoms with Gasteiger partial charge in [-0.05, 0) is 36.2 Å². The van der Waals surface area contributed by atoms with Crippen LogP contribution in [0.5, 0.6) is 0 Å². The summed E-state index contributed by atoms with van der Waals surface area (Å²) < 4.78 is 26.7. The Morgan fingerprint density at radius 1 is 1.00 bits per heavy atom. The fraction of sp³-hybridized carbons (Fsp3) is 0.143. The first-order valence-electron chi connectivity index (χ1n) is 5.62. The third-order valence-electron chi connectivity index (χ3n) is 2.80. The van der Waals surface area contributed by atoms with Crippen molar-refractivity contribution < 1.29 is 8.78 Å². The van der Waals surface area contributed by atoms with Crippen molar-refractivity contribution in [3.63, 3.8) is 0 Å². The zero-order valence-electron chi connectivity index (χ0n) is 9.84. The first-order chi connectivity index (χ1) is 8.97. The maximum Gasteiger partial charge on any atom is 0.141 e. The molecule has 0 bridgehead atoms. The summed E-state index contributed by atoms with van der Waals surface area (Å²) in [4.78, 5) is 0. The fourth-order valence-corrected chi connectivity index (χ4v) is 2.19. The van der Waals surface area contributed by atoms with E-state index < -0.39 is 17.7 Å². The van der Waals surface area contributed by atoms with Crippen LogP contribution in [0.25, 0.3) is 0 Å². The molecule has 100 valence electrons. The van der Waals surface area contributed by atoms with Crippen LogP contribution < -0.4 is 5.73 Å². The lowest BCUT2D eigenvalue weighted by Gasteiger charge is -2.13. The van der Waals surface area contributed by atoms with Gasteiger partial charge >= 0.3 is 0 Å². The number of hydrogen-bond acceptors (Lipinski definition) is 1. The molecule has 0 heterocycles. The molecule has 0 aliphatic rings. The topological polar surface area (TPSA) is 26.0 Å². The monoisotopic (exact) mass is 301 g/mol. The van der Waals surface area contributed by atoms with E-state index in [-0.39, 0.29) is 5.02 Å². The van der Waals surface area contributed by atoms with Crippen LogP contribution in [0.15, 0.2) is 36.4 Å². The smallest absolute Gasteiger partial charge is 0.141 e. The summed E-state index contributed by atoms with van der Waals surface area (Å²) in [5.74, 6) is -0.940. The van der Waals surface area contributed by atoms with E-state index in [0.29, 0.717) is 17.0 Å². The van der Waals surface area contributed by atoms with Gasteiger partial charge in [0.2, 0.25) is 0 Å². The third kappa shape index (κ3) is 3.44. The Morgan fingerprint density at radius 3 is 2.37 bits per heavy atom. The first kappa shape index (κ1) is 14.3. The molecule has 5 heteroatoms. The van der Waals surface area contributed by atoms with E-state index in [1.807, 2.05) is 0 Å². The number of benzene rings is 2. The lowest BCUT2D eigenvalue weighted by Crippen LogP contribution is -2.15. The van der Waals surface area contributed by atoms with Gasteiger partial charge in [0.15, 0.2) is 0 Å². The summed E-state index contributed by atoms with van der Waals surface area (Å²) in [6.07, 6.45) is 0.360. The highest BCUT2D eigenvalue weighted by molar-refractivity contribution is 6.31. The van der Waals surface area contributed by atoms with Crippen LogP contribution in [0, 0.1) is 11.6 Å². The lowest BCUT2D eigenvalue weighted by atomic mass is 9.99. The van der Waals surface area contributed by atoms with Gasteiger partial charge in [-0.15, -0.1) is 0 Å². The van der Waals surface area contributed by atoms with Gasteiger partial charge in [-0.25, -0.2) is 8.78 Å². The highest BCUT2D eigenvalue weighted by atomic mass is 35.5.